The highest BCUT2D eigenvalue weighted by molar-refractivity contribution is 5.98. The number of nitrogen functional groups attached to an aromatic ring is 1. The van der Waals surface area contributed by atoms with Gasteiger partial charge in [-0.1, -0.05) is 93.1 Å². The van der Waals surface area contributed by atoms with Crippen LogP contribution in [0.4, 0.5) is 5.69 Å². The number of nitrogens with two attached hydrogens (primary N) is 1. The number of rotatable bonds is 6. The second-order valence-electron chi connectivity index (χ2n) is 13.3. The molecule has 6 heteroatoms. The molecule has 5 unspecified atom stereocenters. The summed E-state index contributed by atoms with van der Waals surface area (Å²) in [5.41, 5.74) is 10.3. The van der Waals surface area contributed by atoms with Crippen LogP contribution in [0.2, 0.25) is 0 Å². The zero-order valence-electron chi connectivity index (χ0n) is 24.7. The van der Waals surface area contributed by atoms with Crippen molar-refractivity contribution in [2.24, 2.45) is 17.6 Å². The maximum absolute atomic E-state index is 14.7. The number of amides is 1. The van der Waals surface area contributed by atoms with Gasteiger partial charge in [0.1, 0.15) is 11.9 Å². The minimum absolute atomic E-state index is 0.0734. The van der Waals surface area contributed by atoms with Gasteiger partial charge in [0.15, 0.2) is 0 Å². The molecule has 0 aromatic heterocycles. The average molecular weight is 564 g/mol. The van der Waals surface area contributed by atoms with Gasteiger partial charge in [0, 0.05) is 42.3 Å². The van der Waals surface area contributed by atoms with E-state index in [0.717, 1.165) is 24.2 Å². The quantitative estimate of drug-likeness (QED) is 0.212. The molecule has 3 fully saturated rings. The van der Waals surface area contributed by atoms with E-state index in [2.05, 4.69) is 70.1 Å². The van der Waals surface area contributed by atoms with Gasteiger partial charge in [-0.05, 0) is 65.5 Å². The molecule has 2 bridgehead atoms. The third-order valence-electron chi connectivity index (χ3n) is 10.8. The Morgan fingerprint density at radius 1 is 0.929 bits per heavy atom. The van der Waals surface area contributed by atoms with Crippen LogP contribution in [0.25, 0.3) is 10.8 Å². The minimum Gasteiger partial charge on any atom is -0.384 e. The number of amidine groups is 1. The van der Waals surface area contributed by atoms with Crippen molar-refractivity contribution in [3.8, 4) is 0 Å². The third kappa shape index (κ3) is 5.19. The molecule has 2 aliphatic carbocycles. The zero-order chi connectivity index (χ0) is 28.6. The molecule has 5 atom stereocenters. The van der Waals surface area contributed by atoms with Crippen LogP contribution >= 0.6 is 0 Å². The Bertz CT molecular complexity index is 1450. The summed E-state index contributed by atoms with van der Waals surface area (Å²) in [6.45, 7) is 1.66. The molecule has 2 heterocycles. The summed E-state index contributed by atoms with van der Waals surface area (Å²) in [6, 6.07) is 21.8. The van der Waals surface area contributed by atoms with E-state index in [0.29, 0.717) is 24.4 Å². The van der Waals surface area contributed by atoms with Crippen LogP contribution < -0.4 is 21.3 Å². The van der Waals surface area contributed by atoms with E-state index in [1.54, 1.807) is 0 Å². The first-order valence-corrected chi connectivity index (χ1v) is 16.3. The van der Waals surface area contributed by atoms with E-state index < -0.39 is 0 Å². The van der Waals surface area contributed by atoms with Gasteiger partial charge in [0.25, 0.3) is 0 Å². The summed E-state index contributed by atoms with van der Waals surface area (Å²) in [4.78, 5) is 17.0. The zero-order valence-corrected chi connectivity index (χ0v) is 24.7. The predicted molar refractivity (Wildman–Crippen MR) is 171 cm³/mol. The molecule has 1 saturated heterocycles. The molecule has 2 saturated carbocycles. The lowest BCUT2D eigenvalue weighted by atomic mass is 9.77. The first-order valence-electron chi connectivity index (χ1n) is 16.3. The Hall–Kier alpha value is -3.38. The molecule has 6 nitrogen and oxygen atoms in total. The summed E-state index contributed by atoms with van der Waals surface area (Å²) in [6.07, 6.45) is 12.2. The number of nitrogens with one attached hydrogen (secondary N) is 3. The number of hydrogen-bond acceptors (Lipinski definition) is 4. The summed E-state index contributed by atoms with van der Waals surface area (Å²) in [5, 5.41) is 17.9. The number of hydrogen-bond donors (Lipinski definition) is 4. The fraction of sp³-hybridized carbons (Fsp3) is 0.500. The van der Waals surface area contributed by atoms with Crippen LogP contribution in [0.15, 0.2) is 60.7 Å². The normalized spacial score (nSPS) is 27.8. The molecular weight excluding hydrogens is 518 g/mol. The number of nitrogens with zero attached hydrogens (tertiary/aromatic N) is 1. The third-order valence-corrected chi connectivity index (χ3v) is 10.8. The van der Waals surface area contributed by atoms with Crippen LogP contribution in [0.1, 0.15) is 86.8 Å². The highest BCUT2D eigenvalue weighted by Gasteiger charge is 2.48. The first-order chi connectivity index (χ1) is 20.6. The fourth-order valence-electron chi connectivity index (χ4n) is 8.67. The monoisotopic (exact) mass is 563 g/mol. The molecule has 2 aliphatic heterocycles. The van der Waals surface area contributed by atoms with Crippen molar-refractivity contribution in [1.82, 2.24) is 10.6 Å². The SMILES string of the molecule is N=C(N)c1ccc2c(c1)N(Cc1cccc3ccccc13)C(C(=O)NC1CC3CC1CN3)C2C1CCCCCCCC1. The lowest BCUT2D eigenvalue weighted by molar-refractivity contribution is -0.124. The fourth-order valence-corrected chi connectivity index (χ4v) is 8.67. The van der Waals surface area contributed by atoms with Crippen molar-refractivity contribution in [3.05, 3.63) is 77.4 Å². The molecule has 42 heavy (non-hydrogen) atoms. The van der Waals surface area contributed by atoms with Crippen LogP contribution in [-0.4, -0.2) is 36.4 Å². The number of carbonyl (C=O) groups is 1. The van der Waals surface area contributed by atoms with Gasteiger partial charge in [-0.3, -0.25) is 10.2 Å². The van der Waals surface area contributed by atoms with E-state index in [1.165, 1.54) is 79.7 Å². The first kappa shape index (κ1) is 27.5. The van der Waals surface area contributed by atoms with Gasteiger partial charge in [0.2, 0.25) is 5.91 Å². The van der Waals surface area contributed by atoms with Crippen LogP contribution in [0.3, 0.4) is 0 Å². The summed E-state index contributed by atoms with van der Waals surface area (Å²) in [5.74, 6) is 1.37. The molecule has 4 aliphatic rings. The van der Waals surface area contributed by atoms with Gasteiger partial charge >= 0.3 is 0 Å². The van der Waals surface area contributed by atoms with Crippen molar-refractivity contribution in [3.63, 3.8) is 0 Å². The largest absolute Gasteiger partial charge is 0.384 e. The predicted octanol–water partition coefficient (Wildman–Crippen LogP) is 6.21. The summed E-state index contributed by atoms with van der Waals surface area (Å²) < 4.78 is 0. The van der Waals surface area contributed by atoms with Crippen molar-refractivity contribution < 1.29 is 4.79 Å². The number of fused-ring (bicyclic) bond motifs is 4. The number of benzene rings is 3. The Kier molecular flexibility index (Phi) is 7.66. The van der Waals surface area contributed by atoms with Crippen LogP contribution in [-0.2, 0) is 11.3 Å². The minimum atomic E-state index is -0.279. The Morgan fingerprint density at radius 3 is 2.43 bits per heavy atom. The van der Waals surface area contributed by atoms with E-state index in [9.17, 15) is 4.79 Å². The Morgan fingerprint density at radius 2 is 1.69 bits per heavy atom. The highest BCUT2D eigenvalue weighted by Crippen LogP contribution is 2.49. The number of carbonyl (C=O) groups excluding carboxylic acids is 1. The Labute approximate surface area is 249 Å². The lowest BCUT2D eigenvalue weighted by Crippen LogP contribution is -2.53. The topological polar surface area (TPSA) is 94.2 Å². The van der Waals surface area contributed by atoms with Crippen LogP contribution in [0.5, 0.6) is 0 Å². The van der Waals surface area contributed by atoms with E-state index in [-0.39, 0.29) is 29.7 Å². The van der Waals surface area contributed by atoms with Gasteiger partial charge < -0.3 is 21.3 Å². The molecule has 220 valence electrons. The second kappa shape index (κ2) is 11.7. The summed E-state index contributed by atoms with van der Waals surface area (Å²) in [7, 11) is 0. The van der Waals surface area contributed by atoms with Crippen molar-refractivity contribution in [1.29, 1.82) is 5.41 Å². The number of piperidine rings is 1. The van der Waals surface area contributed by atoms with Gasteiger partial charge in [-0.15, -0.1) is 0 Å². The molecule has 7 rings (SSSR count). The standard InChI is InChI=1S/C36H45N5O/c37-35(38)25-16-17-30-32(19-25)41(22-26-14-9-13-23-10-7-8-15-29(23)26)34(33(30)24-11-5-3-1-2-4-6-12-24)36(42)40-31-20-28-18-27(31)21-39-28/h7-10,13-17,19,24,27-28,31,33-34,39H,1-6,11-12,18,20-22H2,(H3,37,38)(H,40,42). The van der Waals surface area contributed by atoms with Gasteiger partial charge in [-0.2, -0.15) is 0 Å². The second-order valence-corrected chi connectivity index (χ2v) is 13.3. The van der Waals surface area contributed by atoms with Crippen molar-refractivity contribution >= 4 is 28.2 Å². The van der Waals surface area contributed by atoms with Gasteiger partial charge in [0.05, 0.1) is 0 Å². The van der Waals surface area contributed by atoms with Crippen molar-refractivity contribution in [2.45, 2.75) is 94.8 Å². The Balaban J connectivity index is 1.31. The maximum atomic E-state index is 14.7. The molecule has 0 radical (unpaired) electrons. The van der Waals surface area contributed by atoms with E-state index in [4.69, 9.17) is 11.1 Å². The molecule has 0 spiro atoms. The molecule has 1 amide bonds. The van der Waals surface area contributed by atoms with E-state index >= 15 is 0 Å². The highest BCUT2D eigenvalue weighted by atomic mass is 16.2. The molecule has 5 N–H and O–H groups in total. The maximum Gasteiger partial charge on any atom is 0.243 e. The van der Waals surface area contributed by atoms with E-state index in [1.807, 2.05) is 6.07 Å². The molecular formula is C36H45N5O. The van der Waals surface area contributed by atoms with Gasteiger partial charge in [-0.25, -0.2) is 0 Å². The lowest BCUT2D eigenvalue weighted by Gasteiger charge is -2.35. The molecule has 3 aromatic rings. The summed E-state index contributed by atoms with van der Waals surface area (Å²) >= 11 is 0. The molecule has 3 aromatic carbocycles. The smallest absolute Gasteiger partial charge is 0.243 e. The van der Waals surface area contributed by atoms with Crippen LogP contribution in [0, 0.1) is 17.2 Å². The average Bonchev–Trinajstić information content (AvgIpc) is 3.72. The van der Waals surface area contributed by atoms with Crippen molar-refractivity contribution in [2.75, 3.05) is 11.4 Å². The number of anilines is 1.